The number of hydrogen-bond donors (Lipinski definition) is 2. The van der Waals surface area contributed by atoms with Crippen LogP contribution in [-0.2, 0) is 0 Å². The second-order valence-corrected chi connectivity index (χ2v) is 5.32. The van der Waals surface area contributed by atoms with Crippen LogP contribution in [0.2, 0.25) is 10.0 Å². The number of rotatable bonds is 2. The van der Waals surface area contributed by atoms with Crippen LogP contribution in [0.3, 0.4) is 0 Å². The molecule has 0 aliphatic heterocycles. The van der Waals surface area contributed by atoms with Crippen molar-refractivity contribution in [2.75, 3.05) is 10.6 Å². The summed E-state index contributed by atoms with van der Waals surface area (Å²) in [5, 5.41) is 7.74. The van der Waals surface area contributed by atoms with Crippen molar-refractivity contribution in [1.29, 1.82) is 0 Å². The van der Waals surface area contributed by atoms with Crippen molar-refractivity contribution >= 4 is 51.9 Å². The maximum atomic E-state index is 6.07. The highest BCUT2D eigenvalue weighted by Gasteiger charge is 2.04. The Bertz CT molecular complexity index is 614. The molecule has 19 heavy (non-hydrogen) atoms. The zero-order chi connectivity index (χ0) is 13.8. The lowest BCUT2D eigenvalue weighted by atomic mass is 10.2. The predicted octanol–water partition coefficient (Wildman–Crippen LogP) is 5.11. The van der Waals surface area contributed by atoms with E-state index in [1.54, 1.807) is 18.2 Å². The molecule has 0 atom stereocenters. The van der Waals surface area contributed by atoms with Gasteiger partial charge in [0.1, 0.15) is 0 Å². The van der Waals surface area contributed by atoms with Crippen molar-refractivity contribution in [2.45, 2.75) is 6.92 Å². The topological polar surface area (TPSA) is 24.1 Å². The SMILES string of the molecule is Cc1cccc(NC(=S)Nc2ccc(Cl)cc2Cl)c1. The van der Waals surface area contributed by atoms with Crippen molar-refractivity contribution < 1.29 is 0 Å². The van der Waals surface area contributed by atoms with Crippen molar-refractivity contribution in [3.63, 3.8) is 0 Å². The molecule has 2 rings (SSSR count). The van der Waals surface area contributed by atoms with Gasteiger partial charge in [0, 0.05) is 10.7 Å². The van der Waals surface area contributed by atoms with Gasteiger partial charge in [-0.3, -0.25) is 0 Å². The lowest BCUT2D eigenvalue weighted by Gasteiger charge is -2.12. The van der Waals surface area contributed by atoms with Crippen molar-refractivity contribution in [1.82, 2.24) is 0 Å². The van der Waals surface area contributed by atoms with Gasteiger partial charge in [-0.15, -0.1) is 0 Å². The highest BCUT2D eigenvalue weighted by Crippen LogP contribution is 2.25. The molecule has 0 aliphatic rings. The summed E-state index contributed by atoms with van der Waals surface area (Å²) < 4.78 is 0. The molecular formula is C14H12Cl2N2S. The summed E-state index contributed by atoms with van der Waals surface area (Å²) in [7, 11) is 0. The van der Waals surface area contributed by atoms with Gasteiger partial charge >= 0.3 is 0 Å². The van der Waals surface area contributed by atoms with Gasteiger partial charge in [0.05, 0.1) is 10.7 Å². The summed E-state index contributed by atoms with van der Waals surface area (Å²) in [4.78, 5) is 0. The fraction of sp³-hybridized carbons (Fsp3) is 0.0714. The van der Waals surface area contributed by atoms with Crippen molar-refractivity contribution in [3.8, 4) is 0 Å². The average Bonchev–Trinajstić information content (AvgIpc) is 2.33. The van der Waals surface area contributed by atoms with Gasteiger partial charge in [0.25, 0.3) is 0 Å². The van der Waals surface area contributed by atoms with E-state index in [1.165, 1.54) is 0 Å². The standard InChI is InChI=1S/C14H12Cl2N2S/c1-9-3-2-4-11(7-9)17-14(19)18-13-6-5-10(15)8-12(13)16/h2-8H,1H3,(H2,17,18,19). The third-order valence-electron chi connectivity index (χ3n) is 2.46. The van der Waals surface area contributed by atoms with Crippen LogP contribution < -0.4 is 10.6 Å². The van der Waals surface area contributed by atoms with Gasteiger partial charge in [-0.1, -0.05) is 35.3 Å². The Morgan fingerprint density at radius 3 is 2.53 bits per heavy atom. The molecule has 0 fully saturated rings. The van der Waals surface area contributed by atoms with E-state index in [-0.39, 0.29) is 0 Å². The minimum Gasteiger partial charge on any atom is -0.332 e. The molecule has 0 aliphatic carbocycles. The van der Waals surface area contributed by atoms with Crippen LogP contribution >= 0.6 is 35.4 Å². The van der Waals surface area contributed by atoms with Gasteiger partial charge in [-0.05, 0) is 55.0 Å². The molecule has 0 radical (unpaired) electrons. The number of thiocarbonyl (C=S) groups is 1. The lowest BCUT2D eigenvalue weighted by Crippen LogP contribution is -2.19. The summed E-state index contributed by atoms with van der Waals surface area (Å²) in [5.41, 5.74) is 2.82. The lowest BCUT2D eigenvalue weighted by molar-refractivity contribution is 1.46. The maximum absolute atomic E-state index is 6.07. The molecule has 2 nitrogen and oxygen atoms in total. The van der Waals surface area contributed by atoms with Crippen LogP contribution in [0.4, 0.5) is 11.4 Å². The Morgan fingerprint density at radius 2 is 1.84 bits per heavy atom. The Labute approximate surface area is 127 Å². The predicted molar refractivity (Wildman–Crippen MR) is 87.5 cm³/mol. The highest BCUT2D eigenvalue weighted by atomic mass is 35.5. The quantitative estimate of drug-likeness (QED) is 0.754. The van der Waals surface area contributed by atoms with E-state index in [0.29, 0.717) is 15.2 Å². The molecule has 98 valence electrons. The van der Waals surface area contributed by atoms with Crippen LogP contribution in [0.25, 0.3) is 0 Å². The molecule has 0 saturated carbocycles. The molecule has 0 unspecified atom stereocenters. The molecule has 2 N–H and O–H groups in total. The van der Waals surface area contributed by atoms with Crippen molar-refractivity contribution in [2.24, 2.45) is 0 Å². The van der Waals surface area contributed by atoms with Crippen LogP contribution in [-0.4, -0.2) is 5.11 Å². The van der Waals surface area contributed by atoms with Gasteiger partial charge in [0.2, 0.25) is 0 Å². The van der Waals surface area contributed by atoms with Gasteiger partial charge in [-0.25, -0.2) is 0 Å². The molecule has 0 spiro atoms. The summed E-state index contributed by atoms with van der Waals surface area (Å²) in [6.45, 7) is 2.03. The van der Waals surface area contributed by atoms with E-state index in [9.17, 15) is 0 Å². The Kier molecular flexibility index (Phi) is 4.64. The van der Waals surface area contributed by atoms with Gasteiger partial charge < -0.3 is 10.6 Å². The second-order valence-electron chi connectivity index (χ2n) is 4.07. The third kappa shape index (κ3) is 4.10. The van der Waals surface area contributed by atoms with Crippen LogP contribution in [0.5, 0.6) is 0 Å². The minimum atomic E-state index is 0.481. The molecule has 0 saturated heterocycles. The number of anilines is 2. The summed E-state index contributed by atoms with van der Waals surface area (Å²) in [5.74, 6) is 0. The number of hydrogen-bond acceptors (Lipinski definition) is 1. The number of nitrogens with one attached hydrogen (secondary N) is 2. The molecule has 2 aromatic carbocycles. The Morgan fingerprint density at radius 1 is 1.05 bits per heavy atom. The van der Waals surface area contributed by atoms with E-state index in [2.05, 4.69) is 10.6 Å². The number of aryl methyl sites for hydroxylation is 1. The third-order valence-corrected chi connectivity index (χ3v) is 3.21. The van der Waals surface area contributed by atoms with Gasteiger partial charge in [-0.2, -0.15) is 0 Å². The first-order valence-electron chi connectivity index (χ1n) is 5.64. The Hall–Kier alpha value is -1.29. The van der Waals surface area contributed by atoms with Gasteiger partial charge in [0.15, 0.2) is 5.11 Å². The zero-order valence-electron chi connectivity index (χ0n) is 10.2. The zero-order valence-corrected chi connectivity index (χ0v) is 12.5. The fourth-order valence-corrected chi connectivity index (χ4v) is 2.28. The first-order valence-corrected chi connectivity index (χ1v) is 6.81. The van der Waals surface area contributed by atoms with Crippen LogP contribution in [0, 0.1) is 6.92 Å². The van der Waals surface area contributed by atoms with E-state index in [0.717, 1.165) is 16.9 Å². The van der Waals surface area contributed by atoms with Crippen LogP contribution in [0.15, 0.2) is 42.5 Å². The molecule has 0 bridgehead atoms. The van der Waals surface area contributed by atoms with E-state index >= 15 is 0 Å². The average molecular weight is 311 g/mol. The summed E-state index contributed by atoms with van der Waals surface area (Å²) >= 11 is 17.1. The largest absolute Gasteiger partial charge is 0.332 e. The maximum Gasteiger partial charge on any atom is 0.175 e. The second kappa shape index (κ2) is 6.24. The van der Waals surface area contributed by atoms with E-state index < -0.39 is 0 Å². The first-order chi connectivity index (χ1) is 9.04. The van der Waals surface area contributed by atoms with Crippen molar-refractivity contribution in [3.05, 3.63) is 58.1 Å². The number of halogens is 2. The van der Waals surface area contributed by atoms with E-state index in [4.69, 9.17) is 35.4 Å². The van der Waals surface area contributed by atoms with E-state index in [1.807, 2.05) is 31.2 Å². The van der Waals surface area contributed by atoms with Crippen LogP contribution in [0.1, 0.15) is 5.56 Å². The first kappa shape index (κ1) is 14.1. The summed E-state index contributed by atoms with van der Waals surface area (Å²) in [6, 6.07) is 13.2. The molecule has 2 aromatic rings. The Balaban J connectivity index is 2.05. The highest BCUT2D eigenvalue weighted by molar-refractivity contribution is 7.80. The molecule has 5 heteroatoms. The molecular weight excluding hydrogens is 299 g/mol. The number of benzene rings is 2. The normalized spacial score (nSPS) is 10.1. The molecule has 0 aromatic heterocycles. The molecule has 0 amide bonds. The minimum absolute atomic E-state index is 0.481. The molecule has 0 heterocycles. The smallest absolute Gasteiger partial charge is 0.175 e. The summed E-state index contributed by atoms with van der Waals surface area (Å²) in [6.07, 6.45) is 0. The monoisotopic (exact) mass is 310 g/mol. The fourth-order valence-electron chi connectivity index (χ4n) is 1.60.